The van der Waals surface area contributed by atoms with Crippen LogP contribution in [0.2, 0.25) is 0 Å². The minimum atomic E-state index is 0.0673. The summed E-state index contributed by atoms with van der Waals surface area (Å²) in [5, 5.41) is 11.7. The number of rotatable bonds is 4. The standard InChI is InChI=1S/C17H27N5O/c1-11(2)15-18-16(23-21-15)13-7-6-8-22(13)10-12-9-14(20-19-12)17(3,4)5/h9,11,13H,6-8,10H2,1-5H3,(H,19,20)/t13-/m0/s1. The second-order valence-electron chi connectivity index (χ2n) is 7.80. The van der Waals surface area contributed by atoms with Crippen LogP contribution in [-0.2, 0) is 12.0 Å². The molecule has 23 heavy (non-hydrogen) atoms. The van der Waals surface area contributed by atoms with Gasteiger partial charge in [-0.25, -0.2) is 0 Å². The van der Waals surface area contributed by atoms with Gasteiger partial charge in [-0.05, 0) is 25.5 Å². The summed E-state index contributed by atoms with van der Waals surface area (Å²) in [5.74, 6) is 1.84. The number of nitrogens with one attached hydrogen (secondary N) is 1. The first-order valence-corrected chi connectivity index (χ1v) is 8.47. The van der Waals surface area contributed by atoms with E-state index in [0.29, 0.717) is 5.92 Å². The van der Waals surface area contributed by atoms with Gasteiger partial charge >= 0.3 is 0 Å². The van der Waals surface area contributed by atoms with Crippen LogP contribution < -0.4 is 0 Å². The lowest BCUT2D eigenvalue weighted by Crippen LogP contribution is -2.23. The average Bonchev–Trinajstić information content (AvgIpc) is 3.17. The summed E-state index contributed by atoms with van der Waals surface area (Å²) in [4.78, 5) is 6.98. The summed E-state index contributed by atoms with van der Waals surface area (Å²) in [6.45, 7) is 12.6. The van der Waals surface area contributed by atoms with Crippen molar-refractivity contribution >= 4 is 0 Å². The van der Waals surface area contributed by atoms with Crippen molar-refractivity contribution < 1.29 is 4.52 Å². The number of likely N-dealkylation sites (tertiary alicyclic amines) is 1. The highest BCUT2D eigenvalue weighted by molar-refractivity contribution is 5.16. The zero-order valence-electron chi connectivity index (χ0n) is 14.8. The molecular weight excluding hydrogens is 290 g/mol. The van der Waals surface area contributed by atoms with E-state index in [-0.39, 0.29) is 11.5 Å². The molecule has 2 aromatic rings. The summed E-state index contributed by atoms with van der Waals surface area (Å²) in [6, 6.07) is 2.39. The van der Waals surface area contributed by atoms with Gasteiger partial charge in [-0.1, -0.05) is 39.8 Å². The normalized spacial score (nSPS) is 19.8. The number of H-pyrrole nitrogens is 1. The van der Waals surface area contributed by atoms with Crippen LogP contribution in [0.5, 0.6) is 0 Å². The van der Waals surface area contributed by atoms with Crippen LogP contribution in [0, 0.1) is 0 Å². The van der Waals surface area contributed by atoms with E-state index in [4.69, 9.17) is 4.52 Å². The third-order valence-electron chi connectivity index (χ3n) is 4.40. The zero-order chi connectivity index (χ0) is 16.6. The molecule has 0 spiro atoms. The van der Waals surface area contributed by atoms with E-state index < -0.39 is 0 Å². The molecule has 0 amide bonds. The molecule has 126 valence electrons. The van der Waals surface area contributed by atoms with Crippen molar-refractivity contribution in [2.24, 2.45) is 0 Å². The summed E-state index contributed by atoms with van der Waals surface area (Å²) in [6.07, 6.45) is 2.23. The van der Waals surface area contributed by atoms with Gasteiger partial charge < -0.3 is 4.52 Å². The Balaban J connectivity index is 1.72. The smallest absolute Gasteiger partial charge is 0.244 e. The Kier molecular flexibility index (Phi) is 4.27. The SMILES string of the molecule is CC(C)c1noc([C@@H]2CCCN2Cc2cc(C(C)(C)C)n[nH]2)n1. The zero-order valence-corrected chi connectivity index (χ0v) is 14.8. The first kappa shape index (κ1) is 16.2. The molecule has 0 saturated carbocycles. The number of aromatic amines is 1. The Morgan fingerprint density at radius 1 is 1.39 bits per heavy atom. The minimum absolute atomic E-state index is 0.0673. The van der Waals surface area contributed by atoms with Crippen LogP contribution >= 0.6 is 0 Å². The monoisotopic (exact) mass is 317 g/mol. The predicted molar refractivity (Wildman–Crippen MR) is 88.1 cm³/mol. The quantitative estimate of drug-likeness (QED) is 0.933. The van der Waals surface area contributed by atoms with Crippen molar-refractivity contribution in [3.05, 3.63) is 29.2 Å². The maximum atomic E-state index is 5.51. The Morgan fingerprint density at radius 3 is 2.78 bits per heavy atom. The number of aromatic nitrogens is 4. The fourth-order valence-corrected chi connectivity index (χ4v) is 2.96. The Hall–Kier alpha value is -1.69. The van der Waals surface area contributed by atoms with Crippen LogP contribution in [0.1, 0.15) is 82.5 Å². The summed E-state index contributed by atoms with van der Waals surface area (Å²) in [7, 11) is 0. The lowest BCUT2D eigenvalue weighted by Gasteiger charge is -2.20. The van der Waals surface area contributed by atoms with Gasteiger partial charge in [0.1, 0.15) is 0 Å². The molecule has 0 aromatic carbocycles. The van der Waals surface area contributed by atoms with Crippen molar-refractivity contribution in [2.75, 3.05) is 6.54 Å². The second kappa shape index (κ2) is 6.07. The molecule has 1 N–H and O–H groups in total. The maximum Gasteiger partial charge on any atom is 0.244 e. The highest BCUT2D eigenvalue weighted by atomic mass is 16.5. The van der Waals surface area contributed by atoms with Gasteiger partial charge in [-0.15, -0.1) is 0 Å². The first-order valence-electron chi connectivity index (χ1n) is 8.47. The van der Waals surface area contributed by atoms with Gasteiger partial charge in [0, 0.05) is 23.6 Å². The van der Waals surface area contributed by atoms with E-state index in [1.807, 2.05) is 0 Å². The van der Waals surface area contributed by atoms with Gasteiger partial charge in [0.25, 0.3) is 0 Å². The van der Waals surface area contributed by atoms with Crippen molar-refractivity contribution in [3.63, 3.8) is 0 Å². The van der Waals surface area contributed by atoms with Crippen LogP contribution in [0.4, 0.5) is 0 Å². The van der Waals surface area contributed by atoms with Gasteiger partial charge in [-0.2, -0.15) is 10.1 Å². The lowest BCUT2D eigenvalue weighted by molar-refractivity contribution is 0.199. The molecule has 1 fully saturated rings. The fourth-order valence-electron chi connectivity index (χ4n) is 2.96. The number of hydrogen-bond acceptors (Lipinski definition) is 5. The Bertz CT molecular complexity index is 652. The molecule has 0 bridgehead atoms. The van der Waals surface area contributed by atoms with Gasteiger partial charge in [-0.3, -0.25) is 10.00 Å². The van der Waals surface area contributed by atoms with E-state index >= 15 is 0 Å². The molecule has 3 rings (SSSR count). The van der Waals surface area contributed by atoms with Gasteiger partial charge in [0.2, 0.25) is 5.89 Å². The van der Waals surface area contributed by atoms with Gasteiger partial charge in [0.05, 0.1) is 11.7 Å². The molecule has 1 saturated heterocycles. The van der Waals surface area contributed by atoms with Crippen LogP contribution in [0.25, 0.3) is 0 Å². The first-order chi connectivity index (χ1) is 10.8. The van der Waals surface area contributed by atoms with Gasteiger partial charge in [0.15, 0.2) is 5.82 Å². The molecule has 0 radical (unpaired) electrons. The van der Waals surface area contributed by atoms with Crippen LogP contribution in [0.3, 0.4) is 0 Å². The van der Waals surface area contributed by atoms with E-state index in [1.54, 1.807) is 0 Å². The van der Waals surface area contributed by atoms with Crippen molar-refractivity contribution in [1.82, 2.24) is 25.2 Å². The molecule has 1 aliphatic rings. The van der Waals surface area contributed by atoms with Crippen LogP contribution in [-0.4, -0.2) is 31.8 Å². The van der Waals surface area contributed by atoms with Crippen molar-refractivity contribution in [1.29, 1.82) is 0 Å². The van der Waals surface area contributed by atoms with E-state index in [1.165, 1.54) is 0 Å². The number of nitrogens with zero attached hydrogens (tertiary/aromatic N) is 4. The maximum absolute atomic E-state index is 5.51. The highest BCUT2D eigenvalue weighted by Gasteiger charge is 2.31. The average molecular weight is 317 g/mol. The molecule has 2 aromatic heterocycles. The molecule has 1 atom stereocenters. The molecule has 6 heteroatoms. The van der Waals surface area contributed by atoms with Crippen molar-refractivity contribution in [3.8, 4) is 0 Å². The Morgan fingerprint density at radius 2 is 2.17 bits per heavy atom. The summed E-state index contributed by atoms with van der Waals surface area (Å²) >= 11 is 0. The van der Waals surface area contributed by atoms with Crippen molar-refractivity contribution in [2.45, 2.75) is 71.4 Å². The summed E-state index contributed by atoms with van der Waals surface area (Å²) in [5.41, 5.74) is 2.31. The third kappa shape index (κ3) is 3.47. The molecule has 0 aliphatic carbocycles. The lowest BCUT2D eigenvalue weighted by atomic mass is 9.92. The van der Waals surface area contributed by atoms with E-state index in [2.05, 4.69) is 65.9 Å². The molecular formula is C17H27N5O. The number of hydrogen-bond donors (Lipinski definition) is 1. The Labute approximate surface area is 137 Å². The molecule has 1 aliphatic heterocycles. The van der Waals surface area contributed by atoms with E-state index in [9.17, 15) is 0 Å². The predicted octanol–water partition coefficient (Wildman–Crippen LogP) is 3.55. The van der Waals surface area contributed by atoms with Crippen LogP contribution in [0.15, 0.2) is 10.6 Å². The van der Waals surface area contributed by atoms with E-state index in [0.717, 1.165) is 49.0 Å². The topological polar surface area (TPSA) is 70.8 Å². The fraction of sp³-hybridized carbons (Fsp3) is 0.706. The molecule has 3 heterocycles. The molecule has 6 nitrogen and oxygen atoms in total. The summed E-state index contributed by atoms with van der Waals surface area (Å²) < 4.78 is 5.51. The molecule has 0 unspecified atom stereocenters. The highest BCUT2D eigenvalue weighted by Crippen LogP contribution is 2.33. The largest absolute Gasteiger partial charge is 0.338 e. The minimum Gasteiger partial charge on any atom is -0.338 e. The third-order valence-corrected chi connectivity index (χ3v) is 4.40. The second-order valence-corrected chi connectivity index (χ2v) is 7.80.